The summed E-state index contributed by atoms with van der Waals surface area (Å²) in [6.45, 7) is 1.69. The van der Waals surface area contributed by atoms with E-state index in [-0.39, 0.29) is 5.82 Å². The SMILES string of the molecule is COc1cc(-c2cccc(Cl)c2)cc(F)c1C. The number of ether oxygens (including phenoxy) is 1. The summed E-state index contributed by atoms with van der Waals surface area (Å²) >= 11 is 5.91. The molecule has 0 atom stereocenters. The van der Waals surface area contributed by atoms with E-state index in [9.17, 15) is 4.39 Å². The second-order valence-electron chi connectivity index (χ2n) is 3.80. The van der Waals surface area contributed by atoms with E-state index in [1.54, 1.807) is 19.1 Å². The molecule has 2 aromatic rings. The lowest BCUT2D eigenvalue weighted by molar-refractivity contribution is 0.407. The summed E-state index contributed by atoms with van der Waals surface area (Å²) in [7, 11) is 1.53. The summed E-state index contributed by atoms with van der Waals surface area (Å²) < 4.78 is 18.8. The summed E-state index contributed by atoms with van der Waals surface area (Å²) in [6, 6.07) is 10.6. The van der Waals surface area contributed by atoms with Crippen LogP contribution < -0.4 is 4.74 Å². The van der Waals surface area contributed by atoms with E-state index in [1.165, 1.54) is 13.2 Å². The van der Waals surface area contributed by atoms with Crippen molar-refractivity contribution in [3.05, 3.63) is 52.8 Å². The number of methoxy groups -OCH3 is 1. The predicted molar refractivity (Wildman–Crippen MR) is 68.1 cm³/mol. The molecule has 3 heteroatoms. The van der Waals surface area contributed by atoms with Gasteiger partial charge >= 0.3 is 0 Å². The first-order chi connectivity index (χ1) is 8.11. The Balaban J connectivity index is 2.56. The van der Waals surface area contributed by atoms with Gasteiger partial charge in [-0.3, -0.25) is 0 Å². The van der Waals surface area contributed by atoms with E-state index in [0.717, 1.165) is 11.1 Å². The molecule has 0 radical (unpaired) electrons. The number of hydrogen-bond donors (Lipinski definition) is 0. The highest BCUT2D eigenvalue weighted by atomic mass is 35.5. The van der Waals surface area contributed by atoms with Crippen LogP contribution in [0.5, 0.6) is 5.75 Å². The molecule has 0 aliphatic carbocycles. The lowest BCUT2D eigenvalue weighted by atomic mass is 10.0. The van der Waals surface area contributed by atoms with Crippen molar-refractivity contribution in [3.63, 3.8) is 0 Å². The van der Waals surface area contributed by atoms with Crippen molar-refractivity contribution in [2.45, 2.75) is 6.92 Å². The molecule has 0 N–H and O–H groups in total. The molecule has 0 unspecified atom stereocenters. The molecule has 0 saturated heterocycles. The molecular weight excluding hydrogens is 239 g/mol. The first kappa shape index (κ1) is 11.9. The molecule has 0 amide bonds. The summed E-state index contributed by atoms with van der Waals surface area (Å²) in [6.07, 6.45) is 0. The maximum absolute atomic E-state index is 13.7. The van der Waals surface area contributed by atoms with E-state index in [2.05, 4.69) is 0 Å². The Hall–Kier alpha value is -1.54. The zero-order valence-electron chi connectivity index (χ0n) is 9.63. The van der Waals surface area contributed by atoms with Crippen LogP contribution in [0.1, 0.15) is 5.56 Å². The highest BCUT2D eigenvalue weighted by Gasteiger charge is 2.08. The van der Waals surface area contributed by atoms with Crippen LogP contribution in [0.2, 0.25) is 5.02 Å². The molecule has 0 aromatic heterocycles. The van der Waals surface area contributed by atoms with Gasteiger partial charge in [0.05, 0.1) is 7.11 Å². The van der Waals surface area contributed by atoms with Crippen LogP contribution in [0.4, 0.5) is 4.39 Å². The van der Waals surface area contributed by atoms with Gasteiger partial charge in [-0.1, -0.05) is 23.7 Å². The van der Waals surface area contributed by atoms with Crippen LogP contribution >= 0.6 is 11.6 Å². The first-order valence-corrected chi connectivity index (χ1v) is 5.59. The Labute approximate surface area is 105 Å². The van der Waals surface area contributed by atoms with Gasteiger partial charge < -0.3 is 4.74 Å². The van der Waals surface area contributed by atoms with Crippen molar-refractivity contribution in [2.75, 3.05) is 7.11 Å². The van der Waals surface area contributed by atoms with Gasteiger partial charge in [-0.15, -0.1) is 0 Å². The van der Waals surface area contributed by atoms with E-state index in [1.807, 2.05) is 18.2 Å². The molecule has 88 valence electrons. The van der Waals surface area contributed by atoms with Crippen molar-refractivity contribution in [3.8, 4) is 16.9 Å². The molecule has 0 bridgehead atoms. The minimum Gasteiger partial charge on any atom is -0.496 e. The lowest BCUT2D eigenvalue weighted by Gasteiger charge is -2.09. The largest absolute Gasteiger partial charge is 0.496 e. The molecule has 2 aromatic carbocycles. The normalized spacial score (nSPS) is 10.4. The standard InChI is InChI=1S/C14H12ClFO/c1-9-13(16)7-11(8-14(9)17-2)10-4-3-5-12(15)6-10/h3-8H,1-2H3. The summed E-state index contributed by atoms with van der Waals surface area (Å²) in [5.74, 6) is 0.263. The van der Waals surface area contributed by atoms with Crippen molar-refractivity contribution in [2.24, 2.45) is 0 Å². The van der Waals surface area contributed by atoms with Crippen LogP contribution in [-0.2, 0) is 0 Å². The first-order valence-electron chi connectivity index (χ1n) is 5.22. The van der Waals surface area contributed by atoms with Gasteiger partial charge in [-0.05, 0) is 42.3 Å². The van der Waals surface area contributed by atoms with Crippen molar-refractivity contribution in [1.29, 1.82) is 0 Å². The molecule has 0 fully saturated rings. The van der Waals surface area contributed by atoms with Crippen molar-refractivity contribution in [1.82, 2.24) is 0 Å². The minimum atomic E-state index is -0.278. The van der Waals surface area contributed by atoms with Crippen LogP contribution in [0.3, 0.4) is 0 Å². The molecule has 0 aliphatic heterocycles. The smallest absolute Gasteiger partial charge is 0.130 e. The molecule has 1 nitrogen and oxygen atoms in total. The molecular formula is C14H12ClFO. The van der Waals surface area contributed by atoms with Gasteiger partial charge in [0.25, 0.3) is 0 Å². The van der Waals surface area contributed by atoms with Gasteiger partial charge in [0.2, 0.25) is 0 Å². The van der Waals surface area contributed by atoms with Gasteiger partial charge in [0.15, 0.2) is 0 Å². The summed E-state index contributed by atoms with van der Waals surface area (Å²) in [4.78, 5) is 0. The Kier molecular flexibility index (Phi) is 3.34. The lowest BCUT2D eigenvalue weighted by Crippen LogP contribution is -1.92. The predicted octanol–water partition coefficient (Wildman–Crippen LogP) is 4.46. The number of rotatable bonds is 2. The molecule has 0 spiro atoms. The Bertz CT molecular complexity index is 552. The molecule has 17 heavy (non-hydrogen) atoms. The fraction of sp³-hybridized carbons (Fsp3) is 0.143. The average Bonchev–Trinajstić information content (AvgIpc) is 2.32. The second-order valence-corrected chi connectivity index (χ2v) is 4.23. The Morgan fingerprint density at radius 2 is 1.88 bits per heavy atom. The molecule has 0 saturated carbocycles. The Morgan fingerprint density at radius 1 is 1.12 bits per heavy atom. The van der Waals surface area contributed by atoms with E-state index < -0.39 is 0 Å². The van der Waals surface area contributed by atoms with Crippen LogP contribution in [-0.4, -0.2) is 7.11 Å². The second kappa shape index (κ2) is 4.76. The van der Waals surface area contributed by atoms with Crippen LogP contribution in [0.25, 0.3) is 11.1 Å². The molecule has 0 heterocycles. The van der Waals surface area contributed by atoms with Crippen LogP contribution in [0.15, 0.2) is 36.4 Å². The number of halogens is 2. The van der Waals surface area contributed by atoms with Crippen molar-refractivity contribution >= 4 is 11.6 Å². The van der Waals surface area contributed by atoms with E-state index in [0.29, 0.717) is 16.3 Å². The zero-order valence-corrected chi connectivity index (χ0v) is 10.4. The average molecular weight is 251 g/mol. The van der Waals surface area contributed by atoms with Crippen molar-refractivity contribution < 1.29 is 9.13 Å². The van der Waals surface area contributed by atoms with Gasteiger partial charge in [0, 0.05) is 10.6 Å². The Morgan fingerprint density at radius 3 is 2.53 bits per heavy atom. The third-order valence-corrected chi connectivity index (χ3v) is 2.91. The summed E-state index contributed by atoms with van der Waals surface area (Å²) in [5, 5.41) is 0.627. The van der Waals surface area contributed by atoms with Gasteiger partial charge in [-0.2, -0.15) is 0 Å². The van der Waals surface area contributed by atoms with E-state index >= 15 is 0 Å². The summed E-state index contributed by atoms with van der Waals surface area (Å²) in [5.41, 5.74) is 2.14. The minimum absolute atomic E-state index is 0.278. The third-order valence-electron chi connectivity index (χ3n) is 2.67. The van der Waals surface area contributed by atoms with E-state index in [4.69, 9.17) is 16.3 Å². The maximum Gasteiger partial charge on any atom is 0.130 e. The highest BCUT2D eigenvalue weighted by molar-refractivity contribution is 6.30. The zero-order chi connectivity index (χ0) is 12.4. The quantitative estimate of drug-likeness (QED) is 0.765. The van der Waals surface area contributed by atoms with Gasteiger partial charge in [0.1, 0.15) is 11.6 Å². The fourth-order valence-electron chi connectivity index (χ4n) is 1.70. The van der Waals surface area contributed by atoms with Gasteiger partial charge in [-0.25, -0.2) is 4.39 Å². The third kappa shape index (κ3) is 2.42. The molecule has 2 rings (SSSR count). The highest BCUT2D eigenvalue weighted by Crippen LogP contribution is 2.30. The molecule has 0 aliphatic rings. The monoisotopic (exact) mass is 250 g/mol. The maximum atomic E-state index is 13.7. The van der Waals surface area contributed by atoms with Crippen LogP contribution in [0, 0.1) is 12.7 Å². The number of benzene rings is 2. The topological polar surface area (TPSA) is 9.23 Å². The number of hydrogen-bond acceptors (Lipinski definition) is 1. The fourth-order valence-corrected chi connectivity index (χ4v) is 1.89.